The van der Waals surface area contributed by atoms with E-state index in [0.29, 0.717) is 5.06 Å². The van der Waals surface area contributed by atoms with Gasteiger partial charge in [0.2, 0.25) is 6.10 Å². The third-order valence-electron chi connectivity index (χ3n) is 3.63. The van der Waals surface area contributed by atoms with Crippen LogP contribution in [0.4, 0.5) is 4.79 Å². The van der Waals surface area contributed by atoms with Gasteiger partial charge in [-0.1, -0.05) is 13.8 Å². The Morgan fingerprint density at radius 2 is 1.50 bits per heavy atom. The second-order valence-electron chi connectivity index (χ2n) is 8.42. The summed E-state index contributed by atoms with van der Waals surface area (Å²) in [5.74, 6) is -4.83. The van der Waals surface area contributed by atoms with Crippen LogP contribution in [0, 0.1) is 5.92 Å². The van der Waals surface area contributed by atoms with Crippen LogP contribution in [-0.2, 0) is 47.8 Å². The predicted molar refractivity (Wildman–Crippen MR) is 104 cm³/mol. The Labute approximate surface area is 185 Å². The average Bonchev–Trinajstić information content (AvgIpc) is 2.95. The average molecular weight is 459 g/mol. The molecule has 0 aromatic heterocycles. The van der Waals surface area contributed by atoms with Gasteiger partial charge in [0, 0.05) is 12.8 Å². The van der Waals surface area contributed by atoms with Crippen LogP contribution in [0.15, 0.2) is 0 Å². The quantitative estimate of drug-likeness (QED) is 0.280. The number of amides is 2. The standard InChI is InChI=1S/C20H29NO11/c1-11(2)10-28-18(26)13(9-16(24)32-21-14(22)7-8-15(21)23)30-17(25)12(3)29-19(27)31-20(4,5)6/h11-13H,7-10H2,1-6H3/t12-,13-/m0/s1. The Kier molecular flexibility index (Phi) is 9.60. The number of carbonyl (C=O) groups is 6. The summed E-state index contributed by atoms with van der Waals surface area (Å²) in [4.78, 5) is 76.3. The van der Waals surface area contributed by atoms with E-state index in [-0.39, 0.29) is 25.4 Å². The fourth-order valence-corrected chi connectivity index (χ4v) is 2.17. The lowest BCUT2D eigenvalue weighted by Gasteiger charge is -2.22. The highest BCUT2D eigenvalue weighted by Crippen LogP contribution is 2.15. The summed E-state index contributed by atoms with van der Waals surface area (Å²) in [5.41, 5.74) is -0.863. The molecule has 0 N–H and O–H groups in total. The van der Waals surface area contributed by atoms with Crippen molar-refractivity contribution >= 4 is 35.9 Å². The summed E-state index contributed by atoms with van der Waals surface area (Å²) in [6, 6.07) is 0. The summed E-state index contributed by atoms with van der Waals surface area (Å²) >= 11 is 0. The number of hydroxylamine groups is 2. The van der Waals surface area contributed by atoms with Crippen LogP contribution < -0.4 is 0 Å². The number of imide groups is 1. The molecule has 0 bridgehead atoms. The van der Waals surface area contributed by atoms with Crippen LogP contribution in [0.1, 0.15) is 60.8 Å². The van der Waals surface area contributed by atoms with Gasteiger partial charge in [-0.2, -0.15) is 0 Å². The minimum Gasteiger partial charge on any atom is -0.463 e. The Morgan fingerprint density at radius 1 is 0.938 bits per heavy atom. The van der Waals surface area contributed by atoms with Crippen molar-refractivity contribution in [3.05, 3.63) is 0 Å². The minimum absolute atomic E-state index is 0.0189. The normalized spacial score (nSPS) is 15.8. The van der Waals surface area contributed by atoms with Gasteiger partial charge in [-0.3, -0.25) is 9.59 Å². The second-order valence-corrected chi connectivity index (χ2v) is 8.42. The van der Waals surface area contributed by atoms with Crippen LogP contribution in [-0.4, -0.2) is 65.4 Å². The van der Waals surface area contributed by atoms with Crippen LogP contribution in [0.3, 0.4) is 0 Å². The van der Waals surface area contributed by atoms with Gasteiger partial charge < -0.3 is 23.8 Å². The Morgan fingerprint density at radius 3 is 2.00 bits per heavy atom. The summed E-state index contributed by atoms with van der Waals surface area (Å²) in [6.45, 7) is 9.49. The summed E-state index contributed by atoms with van der Waals surface area (Å²) in [7, 11) is 0. The van der Waals surface area contributed by atoms with Crippen LogP contribution in [0.2, 0.25) is 0 Å². The minimum atomic E-state index is -1.76. The molecule has 2 amide bonds. The topological polar surface area (TPSA) is 152 Å². The van der Waals surface area contributed by atoms with E-state index < -0.39 is 60.1 Å². The Balaban J connectivity index is 2.79. The molecule has 1 aliphatic rings. The zero-order valence-corrected chi connectivity index (χ0v) is 19.0. The first-order valence-electron chi connectivity index (χ1n) is 10.0. The van der Waals surface area contributed by atoms with Crippen molar-refractivity contribution in [3.63, 3.8) is 0 Å². The van der Waals surface area contributed by atoms with Crippen molar-refractivity contribution < 1.29 is 52.6 Å². The highest BCUT2D eigenvalue weighted by molar-refractivity contribution is 6.01. The van der Waals surface area contributed by atoms with Crippen LogP contribution in [0.5, 0.6) is 0 Å². The van der Waals surface area contributed by atoms with Gasteiger partial charge in [-0.15, -0.1) is 5.06 Å². The summed E-state index contributed by atoms with van der Waals surface area (Å²) in [6.07, 6.45) is -5.42. The molecule has 12 nitrogen and oxygen atoms in total. The zero-order chi connectivity index (χ0) is 24.6. The maximum atomic E-state index is 12.3. The highest BCUT2D eigenvalue weighted by Gasteiger charge is 2.36. The second kappa shape index (κ2) is 11.4. The van der Waals surface area contributed by atoms with Gasteiger partial charge in [0.1, 0.15) is 5.60 Å². The number of carbonyl (C=O) groups excluding carboxylic acids is 6. The number of hydrogen-bond acceptors (Lipinski definition) is 11. The molecule has 0 spiro atoms. The molecule has 0 aromatic rings. The maximum Gasteiger partial charge on any atom is 0.509 e. The fraction of sp³-hybridized carbons (Fsp3) is 0.700. The van der Waals surface area contributed by atoms with E-state index in [2.05, 4.69) is 0 Å². The molecule has 1 aliphatic heterocycles. The lowest BCUT2D eigenvalue weighted by Crippen LogP contribution is -2.39. The van der Waals surface area contributed by atoms with Gasteiger partial charge in [-0.25, -0.2) is 19.2 Å². The molecule has 0 aromatic carbocycles. The Hall–Kier alpha value is -3.18. The molecule has 180 valence electrons. The first-order chi connectivity index (χ1) is 14.7. The van der Waals surface area contributed by atoms with E-state index in [4.69, 9.17) is 23.8 Å². The van der Waals surface area contributed by atoms with Crippen molar-refractivity contribution in [2.75, 3.05) is 6.61 Å². The monoisotopic (exact) mass is 459 g/mol. The molecule has 1 fully saturated rings. The fourth-order valence-electron chi connectivity index (χ4n) is 2.17. The molecule has 0 saturated carbocycles. The van der Waals surface area contributed by atoms with E-state index in [1.165, 1.54) is 6.92 Å². The van der Waals surface area contributed by atoms with Gasteiger partial charge >= 0.3 is 24.1 Å². The molecule has 1 saturated heterocycles. The van der Waals surface area contributed by atoms with E-state index in [9.17, 15) is 28.8 Å². The van der Waals surface area contributed by atoms with Gasteiger partial charge in [0.05, 0.1) is 13.0 Å². The lowest BCUT2D eigenvalue weighted by atomic mass is 10.2. The summed E-state index contributed by atoms with van der Waals surface area (Å²) < 4.78 is 19.7. The largest absolute Gasteiger partial charge is 0.509 e. The number of rotatable bonds is 9. The highest BCUT2D eigenvalue weighted by atomic mass is 16.7. The van der Waals surface area contributed by atoms with Crippen LogP contribution in [0.25, 0.3) is 0 Å². The predicted octanol–water partition coefficient (Wildman–Crippen LogP) is 1.43. The molecule has 0 unspecified atom stereocenters. The number of ether oxygens (including phenoxy) is 4. The van der Waals surface area contributed by atoms with Gasteiger partial charge in [-0.05, 0) is 33.6 Å². The Bertz CT molecular complexity index is 737. The van der Waals surface area contributed by atoms with E-state index in [1.807, 2.05) is 0 Å². The van der Waals surface area contributed by atoms with Crippen LogP contribution >= 0.6 is 0 Å². The molecule has 0 radical (unpaired) electrons. The number of nitrogens with zero attached hydrogens (tertiary/aromatic N) is 1. The smallest absolute Gasteiger partial charge is 0.463 e. The zero-order valence-electron chi connectivity index (χ0n) is 19.0. The molecule has 1 heterocycles. The third-order valence-corrected chi connectivity index (χ3v) is 3.63. The first kappa shape index (κ1) is 26.9. The van der Waals surface area contributed by atoms with Gasteiger partial charge in [0.25, 0.3) is 11.8 Å². The lowest BCUT2D eigenvalue weighted by molar-refractivity contribution is -0.201. The van der Waals surface area contributed by atoms with Crippen molar-refractivity contribution in [3.8, 4) is 0 Å². The molecule has 0 aliphatic carbocycles. The van der Waals surface area contributed by atoms with Crippen molar-refractivity contribution in [2.24, 2.45) is 5.92 Å². The van der Waals surface area contributed by atoms with E-state index in [1.54, 1.807) is 34.6 Å². The number of esters is 2. The molecule has 2 atom stereocenters. The van der Waals surface area contributed by atoms with Crippen molar-refractivity contribution in [1.29, 1.82) is 0 Å². The third kappa shape index (κ3) is 9.31. The molecule has 12 heteroatoms. The van der Waals surface area contributed by atoms with Crippen molar-refractivity contribution in [1.82, 2.24) is 5.06 Å². The molecule has 1 rings (SSSR count). The molecular weight excluding hydrogens is 430 g/mol. The molecular formula is C20H29NO11. The first-order valence-corrected chi connectivity index (χ1v) is 10.0. The van der Waals surface area contributed by atoms with E-state index >= 15 is 0 Å². The van der Waals surface area contributed by atoms with Gasteiger partial charge in [0.15, 0.2) is 6.10 Å². The summed E-state index contributed by atoms with van der Waals surface area (Å²) in [5, 5.41) is 0.301. The van der Waals surface area contributed by atoms with E-state index in [0.717, 1.165) is 0 Å². The number of hydrogen-bond donors (Lipinski definition) is 0. The maximum absolute atomic E-state index is 12.3. The van der Waals surface area contributed by atoms with Crippen molar-refractivity contribution in [2.45, 2.75) is 78.6 Å². The molecule has 32 heavy (non-hydrogen) atoms. The SMILES string of the molecule is CC(C)COC(=O)[C@H](CC(=O)ON1C(=O)CCC1=O)OC(=O)[C@H](C)OC(=O)OC(C)(C)C.